The second-order valence-corrected chi connectivity index (χ2v) is 6.43. The van der Waals surface area contributed by atoms with Crippen molar-refractivity contribution in [1.82, 2.24) is 19.8 Å². The second kappa shape index (κ2) is 6.77. The Labute approximate surface area is 131 Å². The minimum absolute atomic E-state index is 0.256. The van der Waals surface area contributed by atoms with E-state index in [0.717, 1.165) is 49.5 Å². The topological polar surface area (TPSA) is 55.4 Å². The van der Waals surface area contributed by atoms with Gasteiger partial charge in [0.2, 0.25) is 0 Å². The SMILES string of the molecule is CC(C)N1CCN(Cc2nc3ccccc3[nH]2)CC1CCO. The number of aliphatic hydroxyl groups is 1. The number of nitrogens with zero attached hydrogens (tertiary/aromatic N) is 3. The van der Waals surface area contributed by atoms with Gasteiger partial charge in [-0.15, -0.1) is 0 Å². The number of para-hydroxylation sites is 2. The van der Waals surface area contributed by atoms with Crippen molar-refractivity contribution in [3.63, 3.8) is 0 Å². The molecule has 0 amide bonds. The summed E-state index contributed by atoms with van der Waals surface area (Å²) < 4.78 is 0. The van der Waals surface area contributed by atoms with Crippen molar-refractivity contribution in [2.75, 3.05) is 26.2 Å². The molecule has 2 N–H and O–H groups in total. The van der Waals surface area contributed by atoms with Gasteiger partial charge in [0, 0.05) is 38.3 Å². The van der Waals surface area contributed by atoms with Crippen molar-refractivity contribution in [2.45, 2.75) is 38.9 Å². The highest BCUT2D eigenvalue weighted by molar-refractivity contribution is 5.74. The summed E-state index contributed by atoms with van der Waals surface area (Å²) in [6.45, 7) is 8.68. The van der Waals surface area contributed by atoms with Gasteiger partial charge < -0.3 is 10.1 Å². The third-order valence-electron chi connectivity index (χ3n) is 4.55. The van der Waals surface area contributed by atoms with Crippen molar-refractivity contribution in [3.8, 4) is 0 Å². The number of hydrogen-bond acceptors (Lipinski definition) is 4. The van der Waals surface area contributed by atoms with E-state index in [1.165, 1.54) is 0 Å². The van der Waals surface area contributed by atoms with E-state index in [4.69, 9.17) is 0 Å². The van der Waals surface area contributed by atoms with Crippen LogP contribution in [0.15, 0.2) is 24.3 Å². The quantitative estimate of drug-likeness (QED) is 0.885. The van der Waals surface area contributed by atoms with Crippen LogP contribution < -0.4 is 0 Å². The van der Waals surface area contributed by atoms with Crippen LogP contribution in [0.5, 0.6) is 0 Å². The van der Waals surface area contributed by atoms with Gasteiger partial charge in [0.05, 0.1) is 17.6 Å². The molecule has 2 aromatic rings. The summed E-state index contributed by atoms with van der Waals surface area (Å²) in [4.78, 5) is 13.0. The molecule has 1 aromatic heterocycles. The molecule has 1 atom stereocenters. The molecule has 5 nitrogen and oxygen atoms in total. The highest BCUT2D eigenvalue weighted by atomic mass is 16.3. The summed E-state index contributed by atoms with van der Waals surface area (Å²) in [6.07, 6.45) is 0.842. The summed E-state index contributed by atoms with van der Waals surface area (Å²) in [7, 11) is 0. The molecule has 1 fully saturated rings. The molecule has 0 aliphatic carbocycles. The van der Waals surface area contributed by atoms with Gasteiger partial charge in [-0.3, -0.25) is 9.80 Å². The first-order valence-corrected chi connectivity index (χ1v) is 8.20. The van der Waals surface area contributed by atoms with Crippen LogP contribution in [0.4, 0.5) is 0 Å². The Morgan fingerprint density at radius 1 is 1.32 bits per heavy atom. The molecule has 120 valence electrons. The van der Waals surface area contributed by atoms with Gasteiger partial charge in [-0.2, -0.15) is 0 Å². The Kier molecular flexibility index (Phi) is 4.76. The van der Waals surface area contributed by atoms with Crippen LogP contribution in [0.25, 0.3) is 11.0 Å². The lowest BCUT2D eigenvalue weighted by atomic mass is 10.1. The molecule has 0 radical (unpaired) electrons. The highest BCUT2D eigenvalue weighted by Gasteiger charge is 2.28. The number of nitrogens with one attached hydrogen (secondary N) is 1. The number of piperazine rings is 1. The molecule has 22 heavy (non-hydrogen) atoms. The molecular weight excluding hydrogens is 276 g/mol. The monoisotopic (exact) mass is 302 g/mol. The van der Waals surface area contributed by atoms with Crippen molar-refractivity contribution in [2.24, 2.45) is 0 Å². The smallest absolute Gasteiger partial charge is 0.121 e. The zero-order valence-corrected chi connectivity index (χ0v) is 13.5. The minimum atomic E-state index is 0.256. The largest absolute Gasteiger partial charge is 0.396 e. The first kappa shape index (κ1) is 15.5. The van der Waals surface area contributed by atoms with Gasteiger partial charge in [-0.05, 0) is 32.4 Å². The van der Waals surface area contributed by atoms with Crippen LogP contribution >= 0.6 is 0 Å². The number of aliphatic hydroxyl groups excluding tert-OH is 1. The van der Waals surface area contributed by atoms with Crippen molar-refractivity contribution in [3.05, 3.63) is 30.1 Å². The molecule has 3 rings (SSSR count). The fourth-order valence-electron chi connectivity index (χ4n) is 3.46. The predicted octanol–water partition coefficient (Wildman–Crippen LogP) is 1.84. The lowest BCUT2D eigenvalue weighted by Crippen LogP contribution is -2.55. The normalized spacial score (nSPS) is 21.0. The summed E-state index contributed by atoms with van der Waals surface area (Å²) in [5.74, 6) is 1.03. The van der Waals surface area contributed by atoms with Crippen LogP contribution in [0.3, 0.4) is 0 Å². The van der Waals surface area contributed by atoms with Crippen LogP contribution in [-0.2, 0) is 6.54 Å². The molecular formula is C17H26N4O. The number of H-pyrrole nitrogens is 1. The number of hydrogen-bond donors (Lipinski definition) is 2. The van der Waals surface area contributed by atoms with Gasteiger partial charge in [0.1, 0.15) is 5.82 Å². The van der Waals surface area contributed by atoms with Gasteiger partial charge >= 0.3 is 0 Å². The number of fused-ring (bicyclic) bond motifs is 1. The van der Waals surface area contributed by atoms with Crippen molar-refractivity contribution < 1.29 is 5.11 Å². The Hall–Kier alpha value is -1.43. The van der Waals surface area contributed by atoms with Crippen LogP contribution in [0, 0.1) is 0 Å². The number of imidazole rings is 1. The summed E-state index contributed by atoms with van der Waals surface area (Å²) in [5.41, 5.74) is 2.13. The Morgan fingerprint density at radius 2 is 2.14 bits per heavy atom. The maximum atomic E-state index is 9.33. The number of aromatic nitrogens is 2. The maximum absolute atomic E-state index is 9.33. The summed E-state index contributed by atoms with van der Waals surface area (Å²) in [6, 6.07) is 9.12. The number of benzene rings is 1. The first-order valence-electron chi connectivity index (χ1n) is 8.20. The van der Waals surface area contributed by atoms with E-state index in [2.05, 4.69) is 39.7 Å². The lowest BCUT2D eigenvalue weighted by Gasteiger charge is -2.43. The van der Waals surface area contributed by atoms with Gasteiger partial charge in [0.25, 0.3) is 0 Å². The zero-order valence-electron chi connectivity index (χ0n) is 13.5. The van der Waals surface area contributed by atoms with Crippen LogP contribution in [0.1, 0.15) is 26.1 Å². The number of aromatic amines is 1. The fraction of sp³-hybridized carbons (Fsp3) is 0.588. The van der Waals surface area contributed by atoms with E-state index in [1.807, 2.05) is 18.2 Å². The Balaban J connectivity index is 1.67. The molecule has 1 aliphatic rings. The molecule has 1 unspecified atom stereocenters. The average Bonchev–Trinajstić information content (AvgIpc) is 2.89. The van der Waals surface area contributed by atoms with E-state index >= 15 is 0 Å². The van der Waals surface area contributed by atoms with Gasteiger partial charge in [-0.1, -0.05) is 12.1 Å². The van der Waals surface area contributed by atoms with E-state index in [-0.39, 0.29) is 6.61 Å². The van der Waals surface area contributed by atoms with E-state index in [9.17, 15) is 5.11 Å². The average molecular weight is 302 g/mol. The molecule has 5 heteroatoms. The van der Waals surface area contributed by atoms with Crippen molar-refractivity contribution in [1.29, 1.82) is 0 Å². The summed E-state index contributed by atoms with van der Waals surface area (Å²) >= 11 is 0. The maximum Gasteiger partial charge on any atom is 0.121 e. The molecule has 0 saturated carbocycles. The fourth-order valence-corrected chi connectivity index (χ4v) is 3.46. The first-order chi connectivity index (χ1) is 10.7. The Bertz CT molecular complexity index is 576. The second-order valence-electron chi connectivity index (χ2n) is 6.43. The predicted molar refractivity (Wildman–Crippen MR) is 88.7 cm³/mol. The van der Waals surface area contributed by atoms with Crippen molar-refractivity contribution >= 4 is 11.0 Å². The molecule has 2 heterocycles. The third-order valence-corrected chi connectivity index (χ3v) is 4.55. The zero-order chi connectivity index (χ0) is 15.5. The van der Waals surface area contributed by atoms with Gasteiger partial charge in [0.15, 0.2) is 0 Å². The van der Waals surface area contributed by atoms with Gasteiger partial charge in [-0.25, -0.2) is 4.98 Å². The van der Waals surface area contributed by atoms with Crippen LogP contribution in [0.2, 0.25) is 0 Å². The summed E-state index contributed by atoms with van der Waals surface area (Å²) in [5, 5.41) is 9.33. The number of rotatable bonds is 5. The highest BCUT2D eigenvalue weighted by Crippen LogP contribution is 2.18. The molecule has 1 aromatic carbocycles. The molecule has 0 spiro atoms. The van der Waals surface area contributed by atoms with E-state index in [0.29, 0.717) is 12.1 Å². The van der Waals surface area contributed by atoms with Crippen LogP contribution in [-0.4, -0.2) is 63.2 Å². The third kappa shape index (κ3) is 3.32. The molecule has 0 bridgehead atoms. The minimum Gasteiger partial charge on any atom is -0.396 e. The molecule has 1 aliphatic heterocycles. The standard InChI is InChI=1S/C17H26N4O/c1-13(2)21-9-8-20(11-14(21)7-10-22)12-17-18-15-5-3-4-6-16(15)19-17/h3-6,13-14,22H,7-12H2,1-2H3,(H,18,19). The van der Waals surface area contributed by atoms with E-state index < -0.39 is 0 Å². The Morgan fingerprint density at radius 3 is 2.86 bits per heavy atom. The lowest BCUT2D eigenvalue weighted by molar-refractivity contribution is 0.0340. The van der Waals surface area contributed by atoms with E-state index in [1.54, 1.807) is 0 Å². The molecule has 1 saturated heterocycles.